The zero-order valence-electron chi connectivity index (χ0n) is 12.0. The van der Waals surface area contributed by atoms with Crippen molar-refractivity contribution in [2.45, 2.75) is 45.5 Å². The van der Waals surface area contributed by atoms with Crippen molar-refractivity contribution in [1.82, 2.24) is 0 Å². The molecule has 0 unspecified atom stereocenters. The van der Waals surface area contributed by atoms with Crippen molar-refractivity contribution in [1.29, 1.82) is 0 Å². The minimum atomic E-state index is -4.62. The van der Waals surface area contributed by atoms with E-state index in [1.165, 1.54) is 18.2 Å². The first kappa shape index (κ1) is 17.7. The summed E-state index contributed by atoms with van der Waals surface area (Å²) >= 11 is 0. The molecule has 21 heavy (non-hydrogen) atoms. The summed E-state index contributed by atoms with van der Waals surface area (Å²) in [7, 11) is 0. The number of nitrogens with two attached hydrogens (primary N) is 1. The number of para-hydroxylation sites is 1. The van der Waals surface area contributed by atoms with Crippen molar-refractivity contribution in [3.8, 4) is 5.75 Å². The van der Waals surface area contributed by atoms with Gasteiger partial charge in [-0.25, -0.2) is 0 Å². The average molecular weight is 309 g/mol. The molecule has 120 valence electrons. The largest absolute Gasteiger partial charge is 0.461 e. The van der Waals surface area contributed by atoms with Crippen molar-refractivity contribution in [2.24, 2.45) is 11.1 Å². The fourth-order valence-corrected chi connectivity index (χ4v) is 1.75. The molecule has 0 spiro atoms. The van der Waals surface area contributed by atoms with Gasteiger partial charge in [0.05, 0.1) is 12.1 Å². The van der Waals surface area contributed by atoms with E-state index >= 15 is 0 Å². The summed E-state index contributed by atoms with van der Waals surface area (Å²) in [6, 6.07) is 4.28. The van der Waals surface area contributed by atoms with Crippen LogP contribution in [0, 0.1) is 5.41 Å². The van der Waals surface area contributed by atoms with Gasteiger partial charge in [-0.1, -0.05) is 39.0 Å². The molecule has 0 aliphatic heterocycles. The Labute approximate surface area is 120 Å². The molecular formula is C14H19F4NO2. The standard InChI is InChI=1S/C14H19F4NO2/c1-13(2,3)11(20)10(19)8-6-4-5-7-9(8)21-14(17,18)12(15)16/h4-7,10-12,20H,19H2,1-3H3/t10-,11-/m1/s1. The van der Waals surface area contributed by atoms with E-state index in [4.69, 9.17) is 5.73 Å². The van der Waals surface area contributed by atoms with Crippen LogP contribution in [-0.4, -0.2) is 23.7 Å². The zero-order valence-corrected chi connectivity index (χ0v) is 12.0. The van der Waals surface area contributed by atoms with Crippen LogP contribution in [0.5, 0.6) is 5.75 Å². The quantitative estimate of drug-likeness (QED) is 0.820. The Morgan fingerprint density at radius 3 is 2.14 bits per heavy atom. The number of aliphatic hydroxyl groups excluding tert-OH is 1. The van der Waals surface area contributed by atoms with Crippen LogP contribution in [0.3, 0.4) is 0 Å². The second kappa shape index (κ2) is 6.19. The Hall–Kier alpha value is -1.34. The highest BCUT2D eigenvalue weighted by atomic mass is 19.3. The van der Waals surface area contributed by atoms with Crippen LogP contribution in [0.4, 0.5) is 17.6 Å². The Morgan fingerprint density at radius 1 is 1.14 bits per heavy atom. The van der Waals surface area contributed by atoms with E-state index in [9.17, 15) is 22.7 Å². The maximum absolute atomic E-state index is 13.0. The van der Waals surface area contributed by atoms with E-state index in [1.807, 2.05) is 0 Å². The zero-order chi connectivity index (χ0) is 16.4. The van der Waals surface area contributed by atoms with Crippen LogP contribution < -0.4 is 10.5 Å². The van der Waals surface area contributed by atoms with Crippen molar-refractivity contribution in [3.63, 3.8) is 0 Å². The van der Waals surface area contributed by atoms with Gasteiger partial charge in [0.2, 0.25) is 0 Å². The van der Waals surface area contributed by atoms with E-state index in [1.54, 1.807) is 20.8 Å². The molecule has 1 aromatic carbocycles. The monoisotopic (exact) mass is 309 g/mol. The Kier molecular flexibility index (Phi) is 5.22. The number of halogens is 4. The molecule has 0 bridgehead atoms. The first-order valence-electron chi connectivity index (χ1n) is 6.34. The molecule has 7 heteroatoms. The highest BCUT2D eigenvalue weighted by molar-refractivity contribution is 5.37. The summed E-state index contributed by atoms with van der Waals surface area (Å²) in [5, 5.41) is 10.1. The lowest BCUT2D eigenvalue weighted by Gasteiger charge is -2.32. The summed E-state index contributed by atoms with van der Waals surface area (Å²) in [4.78, 5) is 0. The van der Waals surface area contributed by atoms with E-state index in [0.29, 0.717) is 0 Å². The van der Waals surface area contributed by atoms with Crippen molar-refractivity contribution < 1.29 is 27.4 Å². The Morgan fingerprint density at radius 2 is 1.67 bits per heavy atom. The maximum atomic E-state index is 13.0. The van der Waals surface area contributed by atoms with Gasteiger partial charge in [-0.05, 0) is 11.5 Å². The predicted molar refractivity (Wildman–Crippen MR) is 70.4 cm³/mol. The van der Waals surface area contributed by atoms with Gasteiger partial charge in [-0.15, -0.1) is 0 Å². The van der Waals surface area contributed by atoms with E-state index in [2.05, 4.69) is 4.74 Å². The molecule has 0 saturated carbocycles. The van der Waals surface area contributed by atoms with Crippen molar-refractivity contribution >= 4 is 0 Å². The summed E-state index contributed by atoms with van der Waals surface area (Å²) in [6.07, 6.45) is -9.65. The fourth-order valence-electron chi connectivity index (χ4n) is 1.75. The van der Waals surface area contributed by atoms with Gasteiger partial charge in [0.1, 0.15) is 5.75 Å². The molecule has 0 aromatic heterocycles. The second-order valence-corrected chi connectivity index (χ2v) is 5.84. The second-order valence-electron chi connectivity index (χ2n) is 5.84. The summed E-state index contributed by atoms with van der Waals surface area (Å²) in [5.41, 5.74) is 5.29. The number of benzene rings is 1. The molecule has 0 amide bonds. The molecule has 2 atom stereocenters. The lowest BCUT2D eigenvalue weighted by Crippen LogP contribution is -2.38. The summed E-state index contributed by atoms with van der Waals surface area (Å²) in [6.45, 7) is 5.15. The maximum Gasteiger partial charge on any atom is 0.461 e. The van der Waals surface area contributed by atoms with Crippen LogP contribution in [0.2, 0.25) is 0 Å². The number of aliphatic hydroxyl groups is 1. The van der Waals surface area contributed by atoms with Crippen LogP contribution in [-0.2, 0) is 0 Å². The average Bonchev–Trinajstić information content (AvgIpc) is 2.36. The van der Waals surface area contributed by atoms with E-state index in [-0.39, 0.29) is 5.56 Å². The van der Waals surface area contributed by atoms with Gasteiger partial charge in [-0.3, -0.25) is 0 Å². The molecule has 0 aliphatic rings. The molecular weight excluding hydrogens is 290 g/mol. The third kappa shape index (κ3) is 4.31. The normalized spacial score (nSPS) is 15.9. The summed E-state index contributed by atoms with van der Waals surface area (Å²) in [5.74, 6) is -0.474. The molecule has 0 saturated heterocycles. The van der Waals surface area contributed by atoms with E-state index in [0.717, 1.165) is 6.07 Å². The van der Waals surface area contributed by atoms with Crippen molar-refractivity contribution in [2.75, 3.05) is 0 Å². The van der Waals surface area contributed by atoms with Gasteiger partial charge in [0.25, 0.3) is 0 Å². The minimum absolute atomic E-state index is 0.0419. The number of hydrogen-bond acceptors (Lipinski definition) is 3. The molecule has 0 heterocycles. The molecule has 3 nitrogen and oxygen atoms in total. The Bertz CT molecular complexity index is 474. The number of hydrogen-bond donors (Lipinski definition) is 2. The summed E-state index contributed by atoms with van der Waals surface area (Å²) < 4.78 is 54.6. The number of alkyl halides is 4. The molecule has 3 N–H and O–H groups in total. The van der Waals surface area contributed by atoms with Crippen molar-refractivity contribution in [3.05, 3.63) is 29.8 Å². The Balaban J connectivity index is 3.10. The number of ether oxygens (including phenoxy) is 1. The molecule has 0 aliphatic carbocycles. The van der Waals surface area contributed by atoms with Gasteiger partial charge in [0.15, 0.2) is 0 Å². The molecule has 1 aromatic rings. The SMILES string of the molecule is CC(C)(C)[C@H](O)[C@H](N)c1ccccc1OC(F)(F)C(F)F. The fraction of sp³-hybridized carbons (Fsp3) is 0.571. The van der Waals surface area contributed by atoms with Gasteiger partial charge >= 0.3 is 12.5 Å². The van der Waals surface area contributed by atoms with Crippen LogP contribution in [0.15, 0.2) is 24.3 Å². The third-order valence-electron chi connectivity index (χ3n) is 3.01. The lowest BCUT2D eigenvalue weighted by atomic mass is 9.82. The van der Waals surface area contributed by atoms with Gasteiger partial charge in [0, 0.05) is 5.56 Å². The molecule has 0 radical (unpaired) electrons. The first-order chi connectivity index (χ1) is 9.47. The van der Waals surface area contributed by atoms with Crippen LogP contribution >= 0.6 is 0 Å². The topological polar surface area (TPSA) is 55.5 Å². The third-order valence-corrected chi connectivity index (χ3v) is 3.01. The van der Waals surface area contributed by atoms with Crippen LogP contribution in [0.25, 0.3) is 0 Å². The van der Waals surface area contributed by atoms with Gasteiger partial charge in [-0.2, -0.15) is 17.6 Å². The molecule has 1 rings (SSSR count). The molecule has 0 fully saturated rings. The predicted octanol–water partition coefficient (Wildman–Crippen LogP) is 3.33. The van der Waals surface area contributed by atoms with Crippen LogP contribution in [0.1, 0.15) is 32.4 Å². The smallest absolute Gasteiger partial charge is 0.428 e. The highest BCUT2D eigenvalue weighted by Gasteiger charge is 2.44. The minimum Gasteiger partial charge on any atom is -0.428 e. The van der Waals surface area contributed by atoms with Gasteiger partial charge < -0.3 is 15.6 Å². The first-order valence-corrected chi connectivity index (χ1v) is 6.34. The lowest BCUT2D eigenvalue weighted by molar-refractivity contribution is -0.253. The number of rotatable bonds is 5. The highest BCUT2D eigenvalue weighted by Crippen LogP contribution is 2.36. The van der Waals surface area contributed by atoms with E-state index < -0.39 is 35.8 Å².